The van der Waals surface area contributed by atoms with E-state index >= 15 is 0 Å². The number of nitrogens with zero attached hydrogens (tertiary/aromatic N) is 5. The van der Waals surface area contributed by atoms with Crippen molar-refractivity contribution in [2.45, 2.75) is 25.4 Å². The summed E-state index contributed by atoms with van der Waals surface area (Å²) in [7, 11) is 0. The molecule has 0 aromatic carbocycles. The Morgan fingerprint density at radius 1 is 1.50 bits per heavy atom. The molecule has 0 radical (unpaired) electrons. The molecule has 8 nitrogen and oxygen atoms in total. The third-order valence-corrected chi connectivity index (χ3v) is 4.01. The average molecular weight is 299 g/mol. The molecule has 1 amide bonds. The molecule has 1 aromatic rings. The van der Waals surface area contributed by atoms with Gasteiger partial charge in [0.15, 0.2) is 0 Å². The number of hydrogen-bond donors (Lipinski definition) is 2. The van der Waals surface area contributed by atoms with Crippen molar-refractivity contribution in [3.63, 3.8) is 0 Å². The molecule has 1 saturated heterocycles. The van der Waals surface area contributed by atoms with Crippen molar-refractivity contribution in [2.24, 2.45) is 0 Å². The fourth-order valence-electron chi connectivity index (χ4n) is 2.25. The number of tetrazole rings is 1. The molecule has 1 aliphatic rings. The Morgan fingerprint density at radius 2 is 2.25 bits per heavy atom. The van der Waals surface area contributed by atoms with Crippen LogP contribution < -0.4 is 11.1 Å². The Balaban J connectivity index is 1.70. The second-order valence-corrected chi connectivity index (χ2v) is 5.86. The maximum atomic E-state index is 11.9. The molecule has 3 N–H and O–H groups in total. The number of likely N-dealkylation sites (tertiary alicyclic amines) is 1. The normalized spacial score (nSPS) is 17.2. The molecule has 0 unspecified atom stereocenters. The second kappa shape index (κ2) is 7.44. The van der Waals surface area contributed by atoms with Gasteiger partial charge in [0.25, 0.3) is 0 Å². The number of aromatic nitrogens is 4. The predicted molar refractivity (Wildman–Crippen MR) is 78.2 cm³/mol. The molecule has 0 bridgehead atoms. The zero-order chi connectivity index (χ0) is 14.4. The molecule has 1 aromatic heterocycles. The van der Waals surface area contributed by atoms with Crippen LogP contribution in [0.4, 0.5) is 5.95 Å². The molecule has 0 aliphatic carbocycles. The summed E-state index contributed by atoms with van der Waals surface area (Å²) in [6.07, 6.45) is 4.11. The van der Waals surface area contributed by atoms with Crippen molar-refractivity contribution < 1.29 is 4.79 Å². The van der Waals surface area contributed by atoms with Crippen LogP contribution in [0.2, 0.25) is 0 Å². The van der Waals surface area contributed by atoms with Gasteiger partial charge in [0.1, 0.15) is 6.54 Å². The maximum Gasteiger partial charge on any atom is 0.242 e. The summed E-state index contributed by atoms with van der Waals surface area (Å²) in [6, 6.07) is 0.241. The van der Waals surface area contributed by atoms with Crippen molar-refractivity contribution in [2.75, 3.05) is 37.4 Å². The number of amides is 1. The first kappa shape index (κ1) is 15.0. The van der Waals surface area contributed by atoms with Crippen LogP contribution in [0.5, 0.6) is 0 Å². The first-order chi connectivity index (χ1) is 9.69. The van der Waals surface area contributed by atoms with Crippen LogP contribution in [0, 0.1) is 0 Å². The minimum atomic E-state index is -0.0911. The number of thioether (sulfide) groups is 1. The van der Waals surface area contributed by atoms with Gasteiger partial charge in [0, 0.05) is 31.4 Å². The van der Waals surface area contributed by atoms with Gasteiger partial charge < -0.3 is 16.0 Å². The third-order valence-electron chi connectivity index (χ3n) is 3.42. The van der Waals surface area contributed by atoms with Gasteiger partial charge in [0.2, 0.25) is 11.9 Å². The lowest BCUT2D eigenvalue weighted by Gasteiger charge is -2.32. The molecule has 112 valence electrons. The van der Waals surface area contributed by atoms with Gasteiger partial charge >= 0.3 is 0 Å². The van der Waals surface area contributed by atoms with Gasteiger partial charge in [-0.2, -0.15) is 11.8 Å². The maximum absolute atomic E-state index is 11.9. The van der Waals surface area contributed by atoms with Gasteiger partial charge in [-0.25, -0.2) is 4.68 Å². The second-order valence-electron chi connectivity index (χ2n) is 4.87. The standard InChI is InChI=1S/C11H21N7OS/c1-20-7-6-17-4-2-9(3-5-17)13-10(19)8-18-11(12)14-15-16-18/h9H,2-8H2,1H3,(H,13,19)(H2,12,14,16). The Kier molecular flexibility index (Phi) is 5.60. The van der Waals surface area contributed by atoms with E-state index < -0.39 is 0 Å². The molecular weight excluding hydrogens is 278 g/mol. The molecule has 0 spiro atoms. The van der Waals surface area contributed by atoms with Crippen molar-refractivity contribution in [1.29, 1.82) is 0 Å². The number of carbonyl (C=O) groups is 1. The zero-order valence-electron chi connectivity index (χ0n) is 11.7. The van der Waals surface area contributed by atoms with Crippen LogP contribution in [0.1, 0.15) is 12.8 Å². The first-order valence-electron chi connectivity index (χ1n) is 6.71. The van der Waals surface area contributed by atoms with E-state index in [1.54, 1.807) is 0 Å². The van der Waals surface area contributed by atoms with Crippen LogP contribution in [0.25, 0.3) is 0 Å². The van der Waals surface area contributed by atoms with Crippen LogP contribution in [-0.2, 0) is 11.3 Å². The summed E-state index contributed by atoms with van der Waals surface area (Å²) in [5.74, 6) is 1.23. The number of nitrogens with one attached hydrogen (secondary N) is 1. The van der Waals surface area contributed by atoms with Gasteiger partial charge in [-0.05, 0) is 29.5 Å². The number of nitrogens with two attached hydrogens (primary N) is 1. The number of rotatable bonds is 6. The van der Waals surface area contributed by atoms with E-state index in [-0.39, 0.29) is 24.4 Å². The lowest BCUT2D eigenvalue weighted by Crippen LogP contribution is -2.46. The molecule has 1 fully saturated rings. The van der Waals surface area contributed by atoms with Crippen molar-refractivity contribution in [1.82, 2.24) is 30.4 Å². The lowest BCUT2D eigenvalue weighted by molar-refractivity contribution is -0.122. The Labute approximate surface area is 122 Å². The van der Waals surface area contributed by atoms with E-state index in [1.807, 2.05) is 11.8 Å². The van der Waals surface area contributed by atoms with Crippen LogP contribution >= 0.6 is 11.8 Å². The fourth-order valence-corrected chi connectivity index (χ4v) is 2.70. The molecule has 0 atom stereocenters. The molecule has 1 aliphatic heterocycles. The summed E-state index contributed by atoms with van der Waals surface area (Å²) >= 11 is 1.87. The quantitative estimate of drug-likeness (QED) is 0.709. The highest BCUT2D eigenvalue weighted by Gasteiger charge is 2.20. The minimum Gasteiger partial charge on any atom is -0.367 e. The van der Waals surface area contributed by atoms with E-state index in [1.165, 1.54) is 4.68 Å². The first-order valence-corrected chi connectivity index (χ1v) is 8.10. The molecular formula is C11H21N7OS. The fraction of sp³-hybridized carbons (Fsp3) is 0.818. The highest BCUT2D eigenvalue weighted by atomic mass is 32.2. The smallest absolute Gasteiger partial charge is 0.242 e. The number of carbonyl (C=O) groups excluding carboxylic acids is 1. The van der Waals surface area contributed by atoms with Crippen molar-refractivity contribution in [3.05, 3.63) is 0 Å². The van der Waals surface area contributed by atoms with E-state index in [4.69, 9.17) is 5.73 Å². The number of hydrogen-bond acceptors (Lipinski definition) is 7. The lowest BCUT2D eigenvalue weighted by atomic mass is 10.1. The van der Waals surface area contributed by atoms with E-state index in [2.05, 4.69) is 32.0 Å². The Morgan fingerprint density at radius 3 is 2.85 bits per heavy atom. The predicted octanol–water partition coefficient (Wildman–Crippen LogP) is -0.801. The summed E-state index contributed by atoms with van der Waals surface area (Å²) < 4.78 is 1.29. The summed E-state index contributed by atoms with van der Waals surface area (Å²) in [5.41, 5.74) is 5.52. The zero-order valence-corrected chi connectivity index (χ0v) is 12.5. The van der Waals surface area contributed by atoms with E-state index in [0.717, 1.165) is 38.2 Å². The van der Waals surface area contributed by atoms with Crippen LogP contribution in [0.15, 0.2) is 0 Å². The van der Waals surface area contributed by atoms with E-state index in [9.17, 15) is 4.79 Å². The molecule has 0 saturated carbocycles. The Bertz CT molecular complexity index is 430. The number of nitrogen functional groups attached to an aromatic ring is 1. The highest BCUT2D eigenvalue weighted by molar-refractivity contribution is 7.98. The minimum absolute atomic E-state index is 0.0749. The molecule has 2 heterocycles. The highest BCUT2D eigenvalue weighted by Crippen LogP contribution is 2.11. The molecule has 9 heteroatoms. The number of piperidine rings is 1. The van der Waals surface area contributed by atoms with Gasteiger partial charge in [-0.3, -0.25) is 4.79 Å². The van der Waals surface area contributed by atoms with E-state index in [0.29, 0.717) is 0 Å². The third kappa shape index (κ3) is 4.34. The van der Waals surface area contributed by atoms with Crippen molar-refractivity contribution in [3.8, 4) is 0 Å². The van der Waals surface area contributed by atoms with Crippen molar-refractivity contribution >= 4 is 23.6 Å². The molecule has 20 heavy (non-hydrogen) atoms. The average Bonchev–Trinajstić information content (AvgIpc) is 2.83. The summed E-state index contributed by atoms with van der Waals surface area (Å²) in [5, 5.41) is 13.6. The monoisotopic (exact) mass is 299 g/mol. The van der Waals surface area contributed by atoms with Crippen LogP contribution in [-0.4, -0.2) is 68.7 Å². The van der Waals surface area contributed by atoms with Gasteiger partial charge in [0.05, 0.1) is 0 Å². The topological polar surface area (TPSA) is 102 Å². The SMILES string of the molecule is CSCCN1CCC(NC(=O)Cn2nnnc2N)CC1. The van der Waals surface area contributed by atoms with Gasteiger partial charge in [-0.1, -0.05) is 5.10 Å². The summed E-state index contributed by atoms with van der Waals surface area (Å²) in [6.45, 7) is 3.28. The largest absolute Gasteiger partial charge is 0.367 e. The summed E-state index contributed by atoms with van der Waals surface area (Å²) in [4.78, 5) is 14.3. The molecule has 2 rings (SSSR count). The Hall–Kier alpha value is -1.35. The van der Waals surface area contributed by atoms with Crippen LogP contribution in [0.3, 0.4) is 0 Å². The number of anilines is 1. The van der Waals surface area contributed by atoms with Gasteiger partial charge in [-0.15, -0.1) is 0 Å².